The van der Waals surface area contributed by atoms with Gasteiger partial charge >= 0.3 is 0 Å². The minimum atomic E-state index is 0.975. The van der Waals surface area contributed by atoms with Gasteiger partial charge in [0.2, 0.25) is 0 Å². The van der Waals surface area contributed by atoms with E-state index in [1.807, 2.05) is 0 Å². The van der Waals surface area contributed by atoms with Crippen LogP contribution in [-0.4, -0.2) is 7.85 Å². The van der Waals surface area contributed by atoms with Crippen LogP contribution in [0.15, 0.2) is 71.1 Å². The predicted molar refractivity (Wildman–Crippen MR) is 104 cm³/mol. The molecule has 1 heterocycles. The van der Waals surface area contributed by atoms with Gasteiger partial charge in [-0.2, -0.15) is 0 Å². The fourth-order valence-electron chi connectivity index (χ4n) is 4.21. The van der Waals surface area contributed by atoms with Crippen molar-refractivity contribution in [2.75, 3.05) is 0 Å². The number of hydrogen-bond donors (Lipinski definition) is 0. The highest BCUT2D eigenvalue weighted by Crippen LogP contribution is 2.50. The first-order valence-corrected chi connectivity index (χ1v) is 8.29. The van der Waals surface area contributed by atoms with Crippen LogP contribution in [0.4, 0.5) is 0 Å². The van der Waals surface area contributed by atoms with Crippen LogP contribution >= 0.6 is 0 Å². The summed E-state index contributed by atoms with van der Waals surface area (Å²) in [5, 5.41) is 4.94. The average Bonchev–Trinajstić information content (AvgIpc) is 3.13. The Balaban J connectivity index is 1.90. The van der Waals surface area contributed by atoms with Crippen LogP contribution in [0.1, 0.15) is 0 Å². The highest BCUT2D eigenvalue weighted by atomic mass is 16.3. The molecule has 24 heavy (non-hydrogen) atoms. The van der Waals surface area contributed by atoms with Gasteiger partial charge in [0.25, 0.3) is 0 Å². The summed E-state index contributed by atoms with van der Waals surface area (Å²) in [7, 11) is 2.10. The zero-order valence-corrected chi connectivity index (χ0v) is 13.3. The summed E-state index contributed by atoms with van der Waals surface area (Å²) < 4.78 is 6.28. The molecule has 0 radical (unpaired) electrons. The van der Waals surface area contributed by atoms with Gasteiger partial charge in [-0.1, -0.05) is 60.1 Å². The molecule has 0 N–H and O–H groups in total. The number of rotatable bonds is 0. The monoisotopic (exact) mass is 304 g/mol. The highest BCUT2D eigenvalue weighted by molar-refractivity contribution is 6.34. The maximum Gasteiger partial charge on any atom is 0.143 e. The minimum Gasteiger partial charge on any atom is -0.455 e. The molecule has 0 bridgehead atoms. The van der Waals surface area contributed by atoms with Crippen molar-refractivity contribution in [2.24, 2.45) is 0 Å². The van der Waals surface area contributed by atoms with Crippen molar-refractivity contribution in [3.05, 3.63) is 66.7 Å². The lowest BCUT2D eigenvalue weighted by Crippen LogP contribution is -1.98. The summed E-state index contributed by atoms with van der Waals surface area (Å²) in [4.78, 5) is 0. The molecule has 5 aromatic rings. The SMILES string of the molecule is Bc1ccc2c(c1)oc1c3cccc4c3c(cc21)-c1ccccc1-4. The first-order valence-electron chi connectivity index (χ1n) is 8.29. The van der Waals surface area contributed by atoms with E-state index >= 15 is 0 Å². The molecule has 0 atom stereocenters. The summed E-state index contributed by atoms with van der Waals surface area (Å²) in [6.07, 6.45) is 0. The van der Waals surface area contributed by atoms with Gasteiger partial charge in [-0.15, -0.1) is 0 Å². The summed E-state index contributed by atoms with van der Waals surface area (Å²) in [6, 6.07) is 24.0. The standard InChI is InChI=1S/C22H13BO/c23-12-8-9-15-19-11-18-14-5-2-1-4-13(14)16-6-3-7-17(21(16)18)22(19)24-20(15)10-12/h1-11H,23H2. The van der Waals surface area contributed by atoms with Crippen molar-refractivity contribution in [1.82, 2.24) is 0 Å². The van der Waals surface area contributed by atoms with E-state index in [0.29, 0.717) is 0 Å². The molecule has 4 aromatic carbocycles. The molecular weight excluding hydrogens is 291 g/mol. The molecule has 0 amide bonds. The van der Waals surface area contributed by atoms with Crippen LogP contribution in [0.5, 0.6) is 0 Å². The molecule has 1 aliphatic rings. The summed E-state index contributed by atoms with van der Waals surface area (Å²) in [5.74, 6) is 0. The molecule has 110 valence electrons. The van der Waals surface area contributed by atoms with E-state index < -0.39 is 0 Å². The normalized spacial score (nSPS) is 12.3. The fraction of sp³-hybridized carbons (Fsp3) is 0. The van der Waals surface area contributed by atoms with Gasteiger partial charge < -0.3 is 4.42 Å². The van der Waals surface area contributed by atoms with Crippen LogP contribution in [0, 0.1) is 0 Å². The molecule has 2 heteroatoms. The highest BCUT2D eigenvalue weighted by Gasteiger charge is 2.24. The van der Waals surface area contributed by atoms with Crippen LogP contribution in [0.25, 0.3) is 55.0 Å². The molecule has 0 spiro atoms. The van der Waals surface area contributed by atoms with Gasteiger partial charge in [-0.25, -0.2) is 0 Å². The van der Waals surface area contributed by atoms with E-state index in [0.717, 1.165) is 11.2 Å². The smallest absolute Gasteiger partial charge is 0.143 e. The van der Waals surface area contributed by atoms with Gasteiger partial charge in [0.1, 0.15) is 19.0 Å². The van der Waals surface area contributed by atoms with E-state index in [1.54, 1.807) is 0 Å². The van der Waals surface area contributed by atoms with Crippen LogP contribution in [0.2, 0.25) is 0 Å². The molecular formula is C22H13BO. The van der Waals surface area contributed by atoms with E-state index in [4.69, 9.17) is 4.42 Å². The van der Waals surface area contributed by atoms with E-state index in [-0.39, 0.29) is 0 Å². The van der Waals surface area contributed by atoms with Crippen molar-refractivity contribution in [3.63, 3.8) is 0 Å². The Hall–Kier alpha value is -3.00. The van der Waals surface area contributed by atoms with Crippen molar-refractivity contribution >= 4 is 46.0 Å². The van der Waals surface area contributed by atoms with Crippen molar-refractivity contribution in [1.29, 1.82) is 0 Å². The van der Waals surface area contributed by atoms with Crippen LogP contribution in [-0.2, 0) is 0 Å². The number of furan rings is 1. The van der Waals surface area contributed by atoms with Gasteiger partial charge in [0.15, 0.2) is 0 Å². The Labute approximate surface area is 139 Å². The Morgan fingerprint density at radius 1 is 0.625 bits per heavy atom. The topological polar surface area (TPSA) is 13.1 Å². The van der Waals surface area contributed by atoms with E-state index in [9.17, 15) is 0 Å². The number of benzene rings is 4. The molecule has 0 saturated carbocycles. The first-order chi connectivity index (χ1) is 11.8. The van der Waals surface area contributed by atoms with Crippen molar-refractivity contribution in [2.45, 2.75) is 0 Å². The molecule has 1 aromatic heterocycles. The lowest BCUT2D eigenvalue weighted by Gasteiger charge is -2.03. The quantitative estimate of drug-likeness (QED) is 0.372. The third kappa shape index (κ3) is 1.37. The minimum absolute atomic E-state index is 0.975. The van der Waals surface area contributed by atoms with Crippen molar-refractivity contribution in [3.8, 4) is 22.3 Å². The Bertz CT molecular complexity index is 1310. The van der Waals surface area contributed by atoms with Gasteiger partial charge in [0, 0.05) is 21.5 Å². The zero-order chi connectivity index (χ0) is 15.8. The second-order valence-corrected chi connectivity index (χ2v) is 6.68. The Morgan fingerprint density at radius 3 is 2.29 bits per heavy atom. The van der Waals surface area contributed by atoms with Gasteiger partial charge in [0.05, 0.1) is 0 Å². The maximum absolute atomic E-state index is 6.28. The number of fused-ring (bicyclic) bond motifs is 7. The third-order valence-corrected chi connectivity index (χ3v) is 5.26. The van der Waals surface area contributed by atoms with E-state index in [1.165, 1.54) is 49.3 Å². The average molecular weight is 304 g/mol. The maximum atomic E-state index is 6.28. The van der Waals surface area contributed by atoms with Crippen molar-refractivity contribution < 1.29 is 4.42 Å². The number of hydrogen-bond acceptors (Lipinski definition) is 1. The molecule has 1 nitrogen and oxygen atoms in total. The lowest BCUT2D eigenvalue weighted by atomic mass is 9.94. The summed E-state index contributed by atoms with van der Waals surface area (Å²) >= 11 is 0. The lowest BCUT2D eigenvalue weighted by molar-refractivity contribution is 0.673. The van der Waals surface area contributed by atoms with E-state index in [2.05, 4.69) is 74.6 Å². The Morgan fingerprint density at radius 2 is 1.42 bits per heavy atom. The second-order valence-electron chi connectivity index (χ2n) is 6.68. The fourth-order valence-corrected chi connectivity index (χ4v) is 4.21. The second kappa shape index (κ2) is 4.10. The van der Waals surface area contributed by atoms with Gasteiger partial charge in [-0.3, -0.25) is 0 Å². The molecule has 0 unspecified atom stereocenters. The first kappa shape index (κ1) is 12.4. The summed E-state index contributed by atoms with van der Waals surface area (Å²) in [5.41, 5.74) is 8.50. The zero-order valence-electron chi connectivity index (χ0n) is 13.3. The molecule has 0 fully saturated rings. The largest absolute Gasteiger partial charge is 0.455 e. The molecule has 1 aliphatic carbocycles. The molecule has 0 saturated heterocycles. The summed E-state index contributed by atoms with van der Waals surface area (Å²) in [6.45, 7) is 0. The Kier molecular flexibility index (Phi) is 2.12. The predicted octanol–water partition coefficient (Wildman–Crippen LogP) is 4.65. The third-order valence-electron chi connectivity index (χ3n) is 5.26. The van der Waals surface area contributed by atoms with Crippen LogP contribution in [0.3, 0.4) is 0 Å². The van der Waals surface area contributed by atoms with Crippen LogP contribution < -0.4 is 5.46 Å². The molecule has 6 rings (SSSR count). The van der Waals surface area contributed by atoms with Gasteiger partial charge in [-0.05, 0) is 34.4 Å². The molecule has 0 aliphatic heterocycles.